The summed E-state index contributed by atoms with van der Waals surface area (Å²) in [4.78, 5) is 35.6. The number of benzene rings is 2. The molecule has 0 saturated carbocycles. The Hall–Kier alpha value is -3.32. The molecule has 2 rings (SSSR count). The van der Waals surface area contributed by atoms with Crippen molar-refractivity contribution >= 4 is 40.8 Å². The molecule has 7 nitrogen and oxygen atoms in total. The van der Waals surface area contributed by atoms with Gasteiger partial charge >= 0.3 is 11.9 Å². The van der Waals surface area contributed by atoms with Crippen LogP contribution in [0.2, 0.25) is 5.02 Å². The molecule has 0 fully saturated rings. The van der Waals surface area contributed by atoms with Crippen molar-refractivity contribution in [3.63, 3.8) is 0 Å². The number of nitrogens with one attached hydrogen (secondary N) is 2. The van der Waals surface area contributed by atoms with Crippen molar-refractivity contribution in [1.82, 2.24) is 0 Å². The lowest BCUT2D eigenvalue weighted by molar-refractivity contribution is -0.138. The normalized spacial score (nSPS) is 10.7. The standard InChI is InChI=1S/C19H17ClN2O5/c1-26-17(23)11-16(19(25)27-2)21-12-6-5-7-13(10-12)22-18(24)14-8-3-4-9-15(14)20/h3-11,21H,1-2H3,(H,22,24)/b16-11+. The monoisotopic (exact) mass is 388 g/mol. The van der Waals surface area contributed by atoms with Gasteiger partial charge in [0.15, 0.2) is 0 Å². The maximum atomic E-state index is 12.3. The van der Waals surface area contributed by atoms with E-state index in [9.17, 15) is 14.4 Å². The summed E-state index contributed by atoms with van der Waals surface area (Å²) in [6.45, 7) is 0. The highest BCUT2D eigenvalue weighted by molar-refractivity contribution is 6.34. The largest absolute Gasteiger partial charge is 0.466 e. The minimum absolute atomic E-state index is 0.112. The predicted molar refractivity (Wildman–Crippen MR) is 102 cm³/mol. The Morgan fingerprint density at radius 1 is 0.926 bits per heavy atom. The third-order valence-electron chi connectivity index (χ3n) is 3.39. The lowest BCUT2D eigenvalue weighted by atomic mass is 10.2. The van der Waals surface area contributed by atoms with Crippen LogP contribution in [0.3, 0.4) is 0 Å². The van der Waals surface area contributed by atoms with E-state index in [2.05, 4.69) is 20.1 Å². The van der Waals surface area contributed by atoms with Crippen LogP contribution >= 0.6 is 11.6 Å². The number of hydrogen-bond acceptors (Lipinski definition) is 6. The Labute approximate surface area is 160 Å². The maximum Gasteiger partial charge on any atom is 0.354 e. The molecule has 140 valence electrons. The van der Waals surface area contributed by atoms with E-state index < -0.39 is 11.9 Å². The van der Waals surface area contributed by atoms with Gasteiger partial charge in [0.1, 0.15) is 5.70 Å². The minimum Gasteiger partial charge on any atom is -0.466 e. The second-order valence-corrected chi connectivity index (χ2v) is 5.62. The molecule has 2 aromatic carbocycles. The average molecular weight is 389 g/mol. The van der Waals surface area contributed by atoms with Crippen LogP contribution in [0.4, 0.5) is 11.4 Å². The lowest BCUT2D eigenvalue weighted by Gasteiger charge is -2.11. The van der Waals surface area contributed by atoms with Gasteiger partial charge in [0.05, 0.1) is 30.9 Å². The van der Waals surface area contributed by atoms with E-state index >= 15 is 0 Å². The number of ether oxygens (including phenoxy) is 2. The number of hydrogen-bond donors (Lipinski definition) is 2. The topological polar surface area (TPSA) is 93.7 Å². The first kappa shape index (κ1) is 20.0. The van der Waals surface area contributed by atoms with Crippen molar-refractivity contribution in [3.05, 3.63) is 70.9 Å². The first-order valence-corrected chi connectivity index (χ1v) is 8.13. The SMILES string of the molecule is COC(=O)/C=C(/Nc1cccc(NC(=O)c2ccccc2Cl)c1)C(=O)OC. The average Bonchev–Trinajstić information content (AvgIpc) is 2.67. The van der Waals surface area contributed by atoms with Crippen LogP contribution in [-0.2, 0) is 19.1 Å². The van der Waals surface area contributed by atoms with Gasteiger partial charge in [-0.1, -0.05) is 29.8 Å². The molecule has 0 unspecified atom stereocenters. The number of rotatable bonds is 6. The summed E-state index contributed by atoms with van der Waals surface area (Å²) in [5.74, 6) is -1.84. The second-order valence-electron chi connectivity index (χ2n) is 5.21. The van der Waals surface area contributed by atoms with Crippen molar-refractivity contribution in [2.24, 2.45) is 0 Å². The molecule has 0 radical (unpaired) electrons. The second kappa shape index (κ2) is 9.40. The van der Waals surface area contributed by atoms with Crippen molar-refractivity contribution in [1.29, 1.82) is 0 Å². The molecule has 2 N–H and O–H groups in total. The third-order valence-corrected chi connectivity index (χ3v) is 3.72. The van der Waals surface area contributed by atoms with Crippen LogP contribution in [0.5, 0.6) is 0 Å². The van der Waals surface area contributed by atoms with E-state index in [0.717, 1.165) is 6.08 Å². The van der Waals surface area contributed by atoms with Gasteiger partial charge in [-0.05, 0) is 30.3 Å². The number of methoxy groups -OCH3 is 2. The fraction of sp³-hybridized carbons (Fsp3) is 0.105. The van der Waals surface area contributed by atoms with Gasteiger partial charge in [0.25, 0.3) is 5.91 Å². The van der Waals surface area contributed by atoms with Crippen LogP contribution in [0.15, 0.2) is 60.3 Å². The number of carbonyl (C=O) groups excluding carboxylic acids is 3. The van der Waals surface area contributed by atoms with Crippen molar-refractivity contribution in [3.8, 4) is 0 Å². The van der Waals surface area contributed by atoms with Gasteiger partial charge in [-0.2, -0.15) is 0 Å². The van der Waals surface area contributed by atoms with Gasteiger partial charge < -0.3 is 20.1 Å². The molecule has 2 aromatic rings. The van der Waals surface area contributed by atoms with Gasteiger partial charge in [-0.15, -0.1) is 0 Å². The van der Waals surface area contributed by atoms with Crippen molar-refractivity contribution in [2.45, 2.75) is 0 Å². The Kier molecular flexibility index (Phi) is 6.96. The molecule has 0 atom stereocenters. The van der Waals surface area contributed by atoms with Gasteiger partial charge in [0.2, 0.25) is 0 Å². The zero-order valence-electron chi connectivity index (χ0n) is 14.6. The summed E-state index contributed by atoms with van der Waals surface area (Å²) in [5, 5.41) is 5.82. The number of amides is 1. The van der Waals surface area contributed by atoms with E-state index in [1.807, 2.05) is 0 Å². The van der Waals surface area contributed by atoms with Crippen LogP contribution in [0.1, 0.15) is 10.4 Å². The lowest BCUT2D eigenvalue weighted by Crippen LogP contribution is -2.16. The van der Waals surface area contributed by atoms with E-state index in [1.165, 1.54) is 14.2 Å². The molecule has 27 heavy (non-hydrogen) atoms. The van der Waals surface area contributed by atoms with E-state index in [1.54, 1.807) is 48.5 Å². The molecule has 0 spiro atoms. The first-order valence-electron chi connectivity index (χ1n) is 7.75. The van der Waals surface area contributed by atoms with Gasteiger partial charge in [-0.3, -0.25) is 4.79 Å². The first-order chi connectivity index (χ1) is 12.9. The zero-order valence-corrected chi connectivity index (χ0v) is 15.4. The van der Waals surface area contributed by atoms with Crippen molar-refractivity contribution in [2.75, 3.05) is 24.9 Å². The highest BCUT2D eigenvalue weighted by Crippen LogP contribution is 2.20. The fourth-order valence-electron chi connectivity index (χ4n) is 2.11. The third kappa shape index (κ3) is 5.58. The van der Waals surface area contributed by atoms with Gasteiger partial charge in [-0.25, -0.2) is 9.59 Å². The highest BCUT2D eigenvalue weighted by Gasteiger charge is 2.14. The predicted octanol–water partition coefficient (Wildman–Crippen LogP) is 3.23. The van der Waals surface area contributed by atoms with E-state index in [0.29, 0.717) is 22.0 Å². The van der Waals surface area contributed by atoms with Crippen LogP contribution in [0.25, 0.3) is 0 Å². The summed E-state index contributed by atoms with van der Waals surface area (Å²) < 4.78 is 9.15. The van der Waals surface area contributed by atoms with E-state index in [-0.39, 0.29) is 11.6 Å². The summed E-state index contributed by atoms with van der Waals surface area (Å²) in [5.41, 5.74) is 1.14. The molecule has 0 aliphatic heterocycles. The number of carbonyl (C=O) groups is 3. The summed E-state index contributed by atoms with van der Waals surface area (Å²) in [7, 11) is 2.38. The smallest absolute Gasteiger partial charge is 0.354 e. The van der Waals surface area contributed by atoms with Gasteiger partial charge in [0, 0.05) is 11.4 Å². The molecular formula is C19H17ClN2O5. The Morgan fingerprint density at radius 2 is 1.59 bits per heavy atom. The fourth-order valence-corrected chi connectivity index (χ4v) is 2.33. The Balaban J connectivity index is 2.20. The molecule has 8 heteroatoms. The summed E-state index contributed by atoms with van der Waals surface area (Å²) in [6, 6.07) is 13.2. The zero-order chi connectivity index (χ0) is 19.8. The highest BCUT2D eigenvalue weighted by atomic mass is 35.5. The molecule has 0 saturated heterocycles. The minimum atomic E-state index is -0.745. The molecule has 0 bridgehead atoms. The number of esters is 2. The number of anilines is 2. The van der Waals surface area contributed by atoms with Crippen LogP contribution in [-0.4, -0.2) is 32.1 Å². The molecular weight excluding hydrogens is 372 g/mol. The molecule has 0 heterocycles. The molecule has 0 aliphatic carbocycles. The molecule has 0 aliphatic rings. The van der Waals surface area contributed by atoms with E-state index in [4.69, 9.17) is 11.6 Å². The molecule has 1 amide bonds. The van der Waals surface area contributed by atoms with Crippen LogP contribution < -0.4 is 10.6 Å². The summed E-state index contributed by atoms with van der Waals surface area (Å²) >= 11 is 6.02. The summed E-state index contributed by atoms with van der Waals surface area (Å²) in [6.07, 6.45) is 0.973. The number of halogens is 1. The van der Waals surface area contributed by atoms with Crippen molar-refractivity contribution < 1.29 is 23.9 Å². The Bertz CT molecular complexity index is 895. The maximum absolute atomic E-state index is 12.3. The van der Waals surface area contributed by atoms with Crippen LogP contribution in [0, 0.1) is 0 Å². The molecule has 0 aromatic heterocycles. The Morgan fingerprint density at radius 3 is 2.22 bits per heavy atom. The quantitative estimate of drug-likeness (QED) is 0.583.